The minimum absolute atomic E-state index is 0.0742. The van der Waals surface area contributed by atoms with Crippen LogP contribution < -0.4 is 5.32 Å². The van der Waals surface area contributed by atoms with E-state index in [1.54, 1.807) is 7.11 Å². The Hall–Kier alpha value is -1.10. The van der Waals surface area contributed by atoms with Crippen LogP contribution in [0.1, 0.15) is 20.3 Å². The number of ether oxygens (including phenoxy) is 2. The van der Waals surface area contributed by atoms with E-state index in [0.29, 0.717) is 13.2 Å². The number of hydrogen-bond acceptors (Lipinski definition) is 4. The molecular formula is C11H21NO4. The van der Waals surface area contributed by atoms with E-state index in [2.05, 4.69) is 10.1 Å². The van der Waals surface area contributed by atoms with Crippen molar-refractivity contribution in [1.29, 1.82) is 0 Å². The first-order valence-electron chi connectivity index (χ1n) is 5.39. The maximum atomic E-state index is 11.7. The molecule has 0 saturated heterocycles. The predicted octanol–water partition coefficient (Wildman–Crippen LogP) is 0.584. The quantitative estimate of drug-likeness (QED) is 0.395. The molecule has 5 nitrogen and oxygen atoms in total. The molecule has 0 aliphatic heterocycles. The maximum absolute atomic E-state index is 11.7. The topological polar surface area (TPSA) is 64.6 Å². The largest absolute Gasteiger partial charge is 0.468 e. The van der Waals surface area contributed by atoms with E-state index in [4.69, 9.17) is 4.74 Å². The van der Waals surface area contributed by atoms with Crippen molar-refractivity contribution in [2.45, 2.75) is 20.3 Å². The van der Waals surface area contributed by atoms with Crippen LogP contribution in [0.25, 0.3) is 0 Å². The third-order valence-corrected chi connectivity index (χ3v) is 2.23. The summed E-state index contributed by atoms with van der Waals surface area (Å²) >= 11 is 0. The number of carbonyl (C=O) groups is 2. The summed E-state index contributed by atoms with van der Waals surface area (Å²) in [4.78, 5) is 23.1. The molecule has 1 N–H and O–H groups in total. The van der Waals surface area contributed by atoms with Crippen molar-refractivity contribution < 1.29 is 19.1 Å². The van der Waals surface area contributed by atoms with Gasteiger partial charge in [0.25, 0.3) is 0 Å². The van der Waals surface area contributed by atoms with Crippen molar-refractivity contribution in [2.75, 3.05) is 27.4 Å². The molecule has 0 rings (SSSR count). The molecular weight excluding hydrogens is 210 g/mol. The Balaban J connectivity index is 4.13. The van der Waals surface area contributed by atoms with Gasteiger partial charge in [-0.2, -0.15) is 0 Å². The fourth-order valence-corrected chi connectivity index (χ4v) is 1.35. The van der Waals surface area contributed by atoms with E-state index in [0.717, 1.165) is 6.42 Å². The third kappa shape index (κ3) is 5.11. The minimum atomic E-state index is -0.729. The first kappa shape index (κ1) is 14.9. The van der Waals surface area contributed by atoms with Crippen molar-refractivity contribution in [2.24, 2.45) is 11.8 Å². The average Bonchev–Trinajstić information content (AvgIpc) is 2.23. The van der Waals surface area contributed by atoms with Gasteiger partial charge in [0.05, 0.1) is 7.11 Å². The van der Waals surface area contributed by atoms with Crippen LogP contribution in [0.15, 0.2) is 0 Å². The molecule has 0 aliphatic rings. The second-order valence-corrected chi connectivity index (χ2v) is 3.88. The summed E-state index contributed by atoms with van der Waals surface area (Å²) in [6.45, 7) is 4.73. The molecule has 16 heavy (non-hydrogen) atoms. The van der Waals surface area contributed by atoms with Gasteiger partial charge in [-0.05, 0) is 12.3 Å². The number of hydrogen-bond donors (Lipinski definition) is 1. The first-order valence-corrected chi connectivity index (χ1v) is 5.39. The summed E-state index contributed by atoms with van der Waals surface area (Å²) in [6.07, 6.45) is 0.730. The normalized spacial score (nSPS) is 12.3. The minimum Gasteiger partial charge on any atom is -0.468 e. The van der Waals surface area contributed by atoms with E-state index in [9.17, 15) is 9.59 Å². The van der Waals surface area contributed by atoms with Gasteiger partial charge in [0.15, 0.2) is 0 Å². The Morgan fingerprint density at radius 3 is 2.31 bits per heavy atom. The first-order chi connectivity index (χ1) is 7.54. The smallest absolute Gasteiger partial charge is 0.318 e. The van der Waals surface area contributed by atoms with Crippen molar-refractivity contribution in [3.63, 3.8) is 0 Å². The SMILES string of the molecule is COCCCNC(=O)C(C(=O)OC)C(C)C. The van der Waals surface area contributed by atoms with Crippen LogP contribution >= 0.6 is 0 Å². The number of esters is 1. The fourth-order valence-electron chi connectivity index (χ4n) is 1.35. The third-order valence-electron chi connectivity index (χ3n) is 2.23. The zero-order chi connectivity index (χ0) is 12.6. The highest BCUT2D eigenvalue weighted by Crippen LogP contribution is 2.12. The van der Waals surface area contributed by atoms with E-state index >= 15 is 0 Å². The average molecular weight is 231 g/mol. The Labute approximate surface area is 96.5 Å². The van der Waals surface area contributed by atoms with Crippen LogP contribution in [-0.2, 0) is 19.1 Å². The van der Waals surface area contributed by atoms with Crippen molar-refractivity contribution >= 4 is 11.9 Å². The van der Waals surface area contributed by atoms with Gasteiger partial charge in [-0.15, -0.1) is 0 Å². The highest BCUT2D eigenvalue weighted by Gasteiger charge is 2.30. The van der Waals surface area contributed by atoms with Gasteiger partial charge in [0, 0.05) is 20.3 Å². The van der Waals surface area contributed by atoms with Gasteiger partial charge >= 0.3 is 5.97 Å². The molecule has 5 heteroatoms. The Morgan fingerprint density at radius 1 is 1.25 bits per heavy atom. The standard InChI is InChI=1S/C11H21NO4/c1-8(2)9(11(14)16-4)10(13)12-6-5-7-15-3/h8-9H,5-7H2,1-4H3,(H,12,13). The van der Waals surface area contributed by atoms with Crippen LogP contribution in [-0.4, -0.2) is 39.2 Å². The highest BCUT2D eigenvalue weighted by molar-refractivity contribution is 5.97. The molecule has 94 valence electrons. The molecule has 0 aromatic carbocycles. The summed E-state index contributed by atoms with van der Waals surface area (Å²) in [6, 6.07) is 0. The number of carbonyl (C=O) groups excluding carboxylic acids is 2. The summed E-state index contributed by atoms with van der Waals surface area (Å²) in [5.41, 5.74) is 0. The zero-order valence-electron chi connectivity index (χ0n) is 10.4. The van der Waals surface area contributed by atoms with E-state index in [-0.39, 0.29) is 11.8 Å². The molecule has 0 aromatic heterocycles. The number of amides is 1. The van der Waals surface area contributed by atoms with Crippen LogP contribution in [0.2, 0.25) is 0 Å². The lowest BCUT2D eigenvalue weighted by Gasteiger charge is -2.17. The lowest BCUT2D eigenvalue weighted by atomic mass is 9.95. The second kappa shape index (κ2) is 8.10. The Morgan fingerprint density at radius 2 is 1.88 bits per heavy atom. The Bertz CT molecular complexity index is 228. The van der Waals surface area contributed by atoms with Crippen molar-refractivity contribution in [1.82, 2.24) is 5.32 Å². The van der Waals surface area contributed by atoms with Gasteiger partial charge in [-0.1, -0.05) is 13.8 Å². The molecule has 0 aliphatic carbocycles. The molecule has 0 saturated carbocycles. The molecule has 1 atom stereocenters. The number of methoxy groups -OCH3 is 2. The van der Waals surface area contributed by atoms with Gasteiger partial charge in [0.2, 0.25) is 5.91 Å². The predicted molar refractivity (Wildman–Crippen MR) is 59.8 cm³/mol. The van der Waals surface area contributed by atoms with Gasteiger partial charge in [0.1, 0.15) is 5.92 Å². The number of rotatable bonds is 7. The zero-order valence-corrected chi connectivity index (χ0v) is 10.4. The van der Waals surface area contributed by atoms with E-state index < -0.39 is 11.9 Å². The second-order valence-electron chi connectivity index (χ2n) is 3.88. The van der Waals surface area contributed by atoms with Gasteiger partial charge in [-0.3, -0.25) is 9.59 Å². The molecule has 0 heterocycles. The maximum Gasteiger partial charge on any atom is 0.318 e. The molecule has 1 amide bonds. The summed E-state index contributed by atoms with van der Waals surface area (Å²) in [7, 11) is 2.89. The molecule has 0 fully saturated rings. The van der Waals surface area contributed by atoms with Crippen molar-refractivity contribution in [3.8, 4) is 0 Å². The van der Waals surface area contributed by atoms with Gasteiger partial charge < -0.3 is 14.8 Å². The lowest BCUT2D eigenvalue weighted by molar-refractivity contribution is -0.151. The summed E-state index contributed by atoms with van der Waals surface area (Å²) < 4.78 is 9.46. The van der Waals surface area contributed by atoms with Crippen LogP contribution in [0.4, 0.5) is 0 Å². The molecule has 0 aromatic rings. The van der Waals surface area contributed by atoms with Gasteiger partial charge in [-0.25, -0.2) is 0 Å². The molecule has 0 radical (unpaired) electrons. The summed E-state index contributed by atoms with van der Waals surface area (Å²) in [5.74, 6) is -1.57. The van der Waals surface area contributed by atoms with Crippen LogP contribution in [0.5, 0.6) is 0 Å². The fraction of sp³-hybridized carbons (Fsp3) is 0.818. The highest BCUT2D eigenvalue weighted by atomic mass is 16.5. The van der Waals surface area contributed by atoms with Crippen LogP contribution in [0, 0.1) is 11.8 Å². The molecule has 1 unspecified atom stereocenters. The Kier molecular flexibility index (Phi) is 7.54. The molecule has 0 spiro atoms. The number of nitrogens with one attached hydrogen (secondary N) is 1. The van der Waals surface area contributed by atoms with Crippen molar-refractivity contribution in [3.05, 3.63) is 0 Å². The summed E-state index contributed by atoms with van der Waals surface area (Å²) in [5, 5.41) is 2.69. The lowest BCUT2D eigenvalue weighted by Crippen LogP contribution is -2.39. The monoisotopic (exact) mass is 231 g/mol. The van der Waals surface area contributed by atoms with Crippen LogP contribution in [0.3, 0.4) is 0 Å². The van der Waals surface area contributed by atoms with E-state index in [1.165, 1.54) is 7.11 Å². The molecule has 0 bridgehead atoms. The van der Waals surface area contributed by atoms with E-state index in [1.807, 2.05) is 13.8 Å².